The van der Waals surface area contributed by atoms with Gasteiger partial charge in [-0.15, -0.1) is 6.58 Å². The number of nitrogens with zero attached hydrogens (tertiary/aromatic N) is 2. The summed E-state index contributed by atoms with van der Waals surface area (Å²) in [5, 5.41) is 14.6. The van der Waals surface area contributed by atoms with Crippen LogP contribution in [0.1, 0.15) is 23.2 Å². The molecule has 1 aromatic rings. The Balaban J connectivity index is 2.18. The molecule has 0 unspecified atom stereocenters. The number of rotatable bonds is 6. The molecule has 24 heavy (non-hydrogen) atoms. The van der Waals surface area contributed by atoms with Crippen molar-refractivity contribution in [2.45, 2.75) is 18.9 Å². The molecular formula is C16H20ClN3O4. The van der Waals surface area contributed by atoms with Gasteiger partial charge in [0.25, 0.3) is 5.69 Å². The molecular weight excluding hydrogens is 334 g/mol. The minimum Gasteiger partial charge on any atom is -0.465 e. The molecule has 1 aliphatic rings. The number of carbonyl (C=O) groups excluding carboxylic acids is 1. The molecule has 8 heteroatoms. The number of nitro benzene ring substituents is 1. The summed E-state index contributed by atoms with van der Waals surface area (Å²) in [4.78, 5) is 24.7. The number of esters is 1. The maximum atomic E-state index is 11.6. The van der Waals surface area contributed by atoms with E-state index in [9.17, 15) is 14.9 Å². The average molecular weight is 354 g/mol. The zero-order valence-corrected chi connectivity index (χ0v) is 14.2. The van der Waals surface area contributed by atoms with Crippen molar-refractivity contribution in [2.75, 3.05) is 32.1 Å². The second-order valence-electron chi connectivity index (χ2n) is 5.61. The van der Waals surface area contributed by atoms with Gasteiger partial charge in [0.05, 0.1) is 22.6 Å². The third-order valence-corrected chi connectivity index (χ3v) is 4.33. The topological polar surface area (TPSA) is 84.7 Å². The summed E-state index contributed by atoms with van der Waals surface area (Å²) in [6.45, 7) is 6.36. The Labute approximate surface area is 145 Å². The zero-order valence-electron chi connectivity index (χ0n) is 13.5. The second kappa shape index (κ2) is 8.12. The molecule has 7 nitrogen and oxygen atoms in total. The fraction of sp³-hybridized carbons (Fsp3) is 0.438. The van der Waals surface area contributed by atoms with E-state index < -0.39 is 10.9 Å². The highest BCUT2D eigenvalue weighted by Crippen LogP contribution is 2.33. The lowest BCUT2D eigenvalue weighted by molar-refractivity contribution is -0.384. The van der Waals surface area contributed by atoms with Crippen molar-refractivity contribution in [3.63, 3.8) is 0 Å². The van der Waals surface area contributed by atoms with Crippen molar-refractivity contribution in [3.8, 4) is 0 Å². The predicted octanol–water partition coefficient (Wildman–Crippen LogP) is 3.10. The van der Waals surface area contributed by atoms with E-state index in [-0.39, 0.29) is 22.3 Å². The summed E-state index contributed by atoms with van der Waals surface area (Å²) in [5.41, 5.74) is 0.116. The van der Waals surface area contributed by atoms with Crippen molar-refractivity contribution < 1.29 is 14.5 Å². The van der Waals surface area contributed by atoms with Gasteiger partial charge in [-0.2, -0.15) is 0 Å². The van der Waals surface area contributed by atoms with Crippen molar-refractivity contribution in [1.82, 2.24) is 4.90 Å². The molecule has 0 atom stereocenters. The van der Waals surface area contributed by atoms with Gasteiger partial charge in [-0.05, 0) is 18.9 Å². The first kappa shape index (κ1) is 18.2. The number of likely N-dealkylation sites (tertiary alicyclic amines) is 1. The van der Waals surface area contributed by atoms with Gasteiger partial charge in [0.1, 0.15) is 5.69 Å². The highest BCUT2D eigenvalue weighted by atomic mass is 35.5. The van der Waals surface area contributed by atoms with Gasteiger partial charge in [-0.1, -0.05) is 17.7 Å². The maximum Gasteiger partial charge on any atom is 0.339 e. The number of ether oxygens (including phenoxy) is 1. The van der Waals surface area contributed by atoms with Gasteiger partial charge in [-0.25, -0.2) is 4.79 Å². The van der Waals surface area contributed by atoms with E-state index in [1.165, 1.54) is 13.2 Å². The fourth-order valence-corrected chi connectivity index (χ4v) is 3.00. The van der Waals surface area contributed by atoms with Crippen LogP contribution in [-0.4, -0.2) is 48.6 Å². The van der Waals surface area contributed by atoms with Gasteiger partial charge in [-0.3, -0.25) is 15.0 Å². The van der Waals surface area contributed by atoms with Crippen molar-refractivity contribution in [2.24, 2.45) is 0 Å². The molecule has 0 spiro atoms. The first-order valence-electron chi connectivity index (χ1n) is 7.62. The molecule has 2 rings (SSSR count). The highest BCUT2D eigenvalue weighted by molar-refractivity contribution is 6.34. The van der Waals surface area contributed by atoms with E-state index in [0.717, 1.165) is 38.5 Å². The van der Waals surface area contributed by atoms with E-state index in [0.29, 0.717) is 5.69 Å². The lowest BCUT2D eigenvalue weighted by Gasteiger charge is -2.32. The normalized spacial score (nSPS) is 15.8. The van der Waals surface area contributed by atoms with Crippen LogP contribution >= 0.6 is 11.6 Å². The monoisotopic (exact) mass is 353 g/mol. The molecule has 0 aliphatic carbocycles. The van der Waals surface area contributed by atoms with Crippen LogP contribution < -0.4 is 5.32 Å². The van der Waals surface area contributed by atoms with Crippen LogP contribution in [0.3, 0.4) is 0 Å². The molecule has 0 amide bonds. The summed E-state index contributed by atoms with van der Waals surface area (Å²) >= 11 is 6.08. The Hall–Kier alpha value is -2.12. The summed E-state index contributed by atoms with van der Waals surface area (Å²) in [6.07, 6.45) is 3.59. The van der Waals surface area contributed by atoms with Crippen LogP contribution in [0.4, 0.5) is 11.4 Å². The number of hydrogen-bond donors (Lipinski definition) is 1. The number of halogens is 1. The van der Waals surface area contributed by atoms with E-state index in [2.05, 4.69) is 21.5 Å². The number of piperidine rings is 1. The number of methoxy groups -OCH3 is 1. The molecule has 0 bridgehead atoms. The largest absolute Gasteiger partial charge is 0.465 e. The molecule has 0 aromatic heterocycles. The van der Waals surface area contributed by atoms with Crippen molar-refractivity contribution in [1.29, 1.82) is 0 Å². The minimum atomic E-state index is -0.701. The van der Waals surface area contributed by atoms with Crippen molar-refractivity contribution in [3.05, 3.63) is 45.5 Å². The molecule has 0 radical (unpaired) electrons. The molecule has 1 N–H and O–H groups in total. The van der Waals surface area contributed by atoms with E-state index >= 15 is 0 Å². The fourth-order valence-electron chi connectivity index (χ4n) is 2.76. The lowest BCUT2D eigenvalue weighted by Crippen LogP contribution is -2.39. The van der Waals surface area contributed by atoms with Crippen LogP contribution in [-0.2, 0) is 4.74 Å². The molecule has 1 aromatic carbocycles. The van der Waals surface area contributed by atoms with E-state index in [4.69, 9.17) is 11.6 Å². The van der Waals surface area contributed by atoms with Gasteiger partial charge < -0.3 is 10.1 Å². The standard InChI is InChI=1S/C16H20ClN3O4/c1-3-6-19-7-4-11(5-8-19)18-14-10-13(17)12(16(21)24-2)9-15(14)20(22)23/h3,9-11,18H,1,4-8H2,2H3. The number of nitro groups is 1. The first-order valence-corrected chi connectivity index (χ1v) is 8.00. The smallest absolute Gasteiger partial charge is 0.339 e. The van der Waals surface area contributed by atoms with Gasteiger partial charge in [0.15, 0.2) is 0 Å². The Bertz CT molecular complexity index is 642. The maximum absolute atomic E-state index is 11.6. The van der Waals surface area contributed by atoms with Gasteiger partial charge >= 0.3 is 5.97 Å². The second-order valence-corrected chi connectivity index (χ2v) is 6.01. The van der Waals surface area contributed by atoms with Crippen LogP contribution in [0.15, 0.2) is 24.8 Å². The van der Waals surface area contributed by atoms with Crippen LogP contribution in [0.5, 0.6) is 0 Å². The van der Waals surface area contributed by atoms with Crippen LogP contribution in [0.2, 0.25) is 5.02 Å². The first-order chi connectivity index (χ1) is 11.5. The highest BCUT2D eigenvalue weighted by Gasteiger charge is 2.25. The molecule has 130 valence electrons. The molecule has 1 saturated heterocycles. The Morgan fingerprint density at radius 3 is 2.75 bits per heavy atom. The predicted molar refractivity (Wildman–Crippen MR) is 92.7 cm³/mol. The third-order valence-electron chi connectivity index (χ3n) is 4.02. The number of hydrogen-bond acceptors (Lipinski definition) is 6. The summed E-state index contributed by atoms with van der Waals surface area (Å²) in [6, 6.07) is 2.69. The average Bonchev–Trinajstić information content (AvgIpc) is 2.56. The molecule has 1 fully saturated rings. The van der Waals surface area contributed by atoms with Gasteiger partial charge in [0, 0.05) is 31.7 Å². The number of carbonyl (C=O) groups is 1. The SMILES string of the molecule is C=CCN1CCC(Nc2cc(Cl)c(C(=O)OC)cc2[N+](=O)[O-])CC1. The third kappa shape index (κ3) is 4.24. The summed E-state index contributed by atoms with van der Waals surface area (Å²) in [7, 11) is 1.20. The van der Waals surface area contributed by atoms with Gasteiger partial charge in [0.2, 0.25) is 0 Å². The summed E-state index contributed by atoms with van der Waals surface area (Å²) in [5.74, 6) is -0.701. The number of nitrogens with one attached hydrogen (secondary N) is 1. The Morgan fingerprint density at radius 1 is 1.54 bits per heavy atom. The van der Waals surface area contributed by atoms with Crippen LogP contribution in [0.25, 0.3) is 0 Å². The molecule has 1 heterocycles. The zero-order chi connectivity index (χ0) is 17.7. The number of benzene rings is 1. The molecule has 1 aliphatic heterocycles. The quantitative estimate of drug-likeness (QED) is 0.366. The van der Waals surface area contributed by atoms with E-state index in [1.807, 2.05) is 6.08 Å². The summed E-state index contributed by atoms with van der Waals surface area (Å²) < 4.78 is 4.60. The molecule has 0 saturated carbocycles. The number of anilines is 1. The Kier molecular flexibility index (Phi) is 6.16. The minimum absolute atomic E-state index is 0.0165. The van der Waals surface area contributed by atoms with Crippen molar-refractivity contribution >= 4 is 28.9 Å². The Morgan fingerprint density at radius 2 is 2.21 bits per heavy atom. The van der Waals surface area contributed by atoms with Crippen LogP contribution in [0, 0.1) is 10.1 Å². The van der Waals surface area contributed by atoms with E-state index in [1.54, 1.807) is 0 Å². The lowest BCUT2D eigenvalue weighted by atomic mass is 10.0.